The maximum atomic E-state index is 11.2. The van der Waals surface area contributed by atoms with Crippen LogP contribution in [0, 0.1) is 0 Å². The van der Waals surface area contributed by atoms with Crippen molar-refractivity contribution in [3.8, 4) is 0 Å². The van der Waals surface area contributed by atoms with Gasteiger partial charge in [0.1, 0.15) is 0 Å². The molecule has 0 spiro atoms. The Morgan fingerprint density at radius 1 is 1.38 bits per heavy atom. The van der Waals surface area contributed by atoms with Gasteiger partial charge in [0.25, 0.3) is 0 Å². The Balaban J connectivity index is 2.16. The molecule has 0 saturated carbocycles. The molecular formula is C12H11N3O. The molecule has 2 aliphatic heterocycles. The van der Waals surface area contributed by atoms with Crippen LogP contribution < -0.4 is 10.6 Å². The molecule has 4 nitrogen and oxygen atoms in total. The van der Waals surface area contributed by atoms with Gasteiger partial charge in [-0.05, 0) is 11.1 Å². The SMILES string of the molecule is NC(=O)C1=CN2C=NCc3cccc(c32)C1. The summed E-state index contributed by atoms with van der Waals surface area (Å²) in [5.41, 5.74) is 9.43. The summed E-state index contributed by atoms with van der Waals surface area (Å²) in [6.07, 6.45) is 4.13. The van der Waals surface area contributed by atoms with E-state index in [1.165, 1.54) is 5.56 Å². The van der Waals surface area contributed by atoms with E-state index in [9.17, 15) is 4.79 Å². The van der Waals surface area contributed by atoms with E-state index in [1.807, 2.05) is 17.0 Å². The third kappa shape index (κ3) is 1.23. The predicted molar refractivity (Wildman–Crippen MR) is 62.1 cm³/mol. The van der Waals surface area contributed by atoms with Crippen LogP contribution in [0.1, 0.15) is 11.1 Å². The molecule has 2 N–H and O–H groups in total. The van der Waals surface area contributed by atoms with Gasteiger partial charge in [-0.25, -0.2) is 0 Å². The average molecular weight is 213 g/mol. The maximum Gasteiger partial charge on any atom is 0.246 e. The second-order valence-electron chi connectivity index (χ2n) is 3.98. The van der Waals surface area contributed by atoms with Crippen molar-refractivity contribution in [2.45, 2.75) is 13.0 Å². The molecule has 0 unspecified atom stereocenters. The van der Waals surface area contributed by atoms with E-state index in [0.717, 1.165) is 11.3 Å². The van der Waals surface area contributed by atoms with Gasteiger partial charge >= 0.3 is 0 Å². The first-order valence-electron chi connectivity index (χ1n) is 5.15. The third-order valence-corrected chi connectivity index (χ3v) is 2.92. The Labute approximate surface area is 93.1 Å². The Morgan fingerprint density at radius 3 is 3.00 bits per heavy atom. The van der Waals surface area contributed by atoms with E-state index in [1.54, 1.807) is 12.5 Å². The summed E-state index contributed by atoms with van der Waals surface area (Å²) in [5, 5.41) is 0. The van der Waals surface area contributed by atoms with Crippen LogP contribution in [-0.2, 0) is 17.8 Å². The Hall–Kier alpha value is -2.10. The molecule has 4 heteroatoms. The number of aliphatic imine (C=N–C) groups is 1. The molecular weight excluding hydrogens is 202 g/mol. The topological polar surface area (TPSA) is 58.7 Å². The highest BCUT2D eigenvalue weighted by atomic mass is 16.1. The zero-order valence-electron chi connectivity index (χ0n) is 8.68. The van der Waals surface area contributed by atoms with E-state index in [2.05, 4.69) is 11.1 Å². The number of anilines is 1. The van der Waals surface area contributed by atoms with E-state index >= 15 is 0 Å². The lowest BCUT2D eigenvalue weighted by molar-refractivity contribution is -0.114. The predicted octanol–water partition coefficient (Wildman–Crippen LogP) is 0.960. The second-order valence-corrected chi connectivity index (χ2v) is 3.98. The lowest BCUT2D eigenvalue weighted by Crippen LogP contribution is -2.28. The number of benzene rings is 1. The van der Waals surface area contributed by atoms with Gasteiger partial charge in [-0.1, -0.05) is 18.2 Å². The largest absolute Gasteiger partial charge is 0.366 e. The van der Waals surface area contributed by atoms with Crippen molar-refractivity contribution in [1.29, 1.82) is 0 Å². The third-order valence-electron chi connectivity index (χ3n) is 2.92. The van der Waals surface area contributed by atoms with Gasteiger partial charge in [-0.15, -0.1) is 0 Å². The number of rotatable bonds is 1. The van der Waals surface area contributed by atoms with Crippen LogP contribution >= 0.6 is 0 Å². The minimum atomic E-state index is -0.366. The first-order chi connectivity index (χ1) is 7.75. The van der Waals surface area contributed by atoms with Gasteiger partial charge in [0.15, 0.2) is 0 Å². The quantitative estimate of drug-likeness (QED) is 0.755. The lowest BCUT2D eigenvalue weighted by Gasteiger charge is -2.29. The monoisotopic (exact) mass is 213 g/mol. The van der Waals surface area contributed by atoms with Gasteiger partial charge in [0.2, 0.25) is 5.91 Å². The number of nitrogens with two attached hydrogens (primary N) is 1. The van der Waals surface area contributed by atoms with Crippen LogP contribution in [0.5, 0.6) is 0 Å². The fourth-order valence-electron chi connectivity index (χ4n) is 2.20. The van der Waals surface area contributed by atoms with Crippen molar-refractivity contribution < 1.29 is 4.79 Å². The summed E-state index contributed by atoms with van der Waals surface area (Å²) >= 11 is 0. The molecule has 2 heterocycles. The number of primary amides is 1. The minimum absolute atomic E-state index is 0.366. The zero-order chi connectivity index (χ0) is 11.1. The highest BCUT2D eigenvalue weighted by molar-refractivity contribution is 5.98. The van der Waals surface area contributed by atoms with Gasteiger partial charge in [-0.3, -0.25) is 9.79 Å². The number of amides is 1. The molecule has 0 aliphatic carbocycles. The first-order valence-corrected chi connectivity index (χ1v) is 5.15. The van der Waals surface area contributed by atoms with Gasteiger partial charge in [0.05, 0.1) is 18.6 Å². The molecule has 1 amide bonds. The summed E-state index contributed by atoms with van der Waals surface area (Å²) in [6, 6.07) is 6.09. The zero-order valence-corrected chi connectivity index (χ0v) is 8.68. The molecule has 1 aromatic rings. The first kappa shape index (κ1) is 9.15. The average Bonchev–Trinajstić information content (AvgIpc) is 2.29. The number of hydrogen-bond acceptors (Lipinski definition) is 3. The molecule has 1 aromatic carbocycles. The van der Waals surface area contributed by atoms with Gasteiger partial charge in [-0.2, -0.15) is 0 Å². The molecule has 80 valence electrons. The Morgan fingerprint density at radius 2 is 2.19 bits per heavy atom. The molecule has 16 heavy (non-hydrogen) atoms. The van der Waals surface area contributed by atoms with E-state index in [4.69, 9.17) is 5.73 Å². The molecule has 0 saturated heterocycles. The fraction of sp³-hybridized carbons (Fsp3) is 0.167. The van der Waals surface area contributed by atoms with E-state index in [-0.39, 0.29) is 5.91 Å². The summed E-state index contributed by atoms with van der Waals surface area (Å²) in [4.78, 5) is 17.3. The van der Waals surface area contributed by atoms with Crippen LogP contribution in [0.4, 0.5) is 5.69 Å². The second kappa shape index (κ2) is 3.20. The summed E-state index contributed by atoms with van der Waals surface area (Å²) in [7, 11) is 0. The summed E-state index contributed by atoms with van der Waals surface area (Å²) in [5.74, 6) is -0.366. The molecule has 2 aliphatic rings. The normalized spacial score (nSPS) is 16.8. The number of hydrogen-bond donors (Lipinski definition) is 1. The minimum Gasteiger partial charge on any atom is -0.366 e. The van der Waals surface area contributed by atoms with Crippen LogP contribution in [-0.4, -0.2) is 12.2 Å². The van der Waals surface area contributed by atoms with E-state index < -0.39 is 0 Å². The van der Waals surface area contributed by atoms with Crippen molar-refractivity contribution in [3.05, 3.63) is 41.1 Å². The van der Waals surface area contributed by atoms with E-state index in [0.29, 0.717) is 18.5 Å². The summed E-state index contributed by atoms with van der Waals surface area (Å²) < 4.78 is 0. The Bertz CT molecular complexity index is 531. The lowest BCUT2D eigenvalue weighted by atomic mass is 9.95. The van der Waals surface area contributed by atoms with Crippen molar-refractivity contribution in [2.75, 3.05) is 4.90 Å². The van der Waals surface area contributed by atoms with Crippen molar-refractivity contribution in [2.24, 2.45) is 10.7 Å². The van der Waals surface area contributed by atoms with Crippen molar-refractivity contribution >= 4 is 17.9 Å². The fourth-order valence-corrected chi connectivity index (χ4v) is 2.20. The molecule has 3 rings (SSSR count). The van der Waals surface area contributed by atoms with Crippen LogP contribution in [0.2, 0.25) is 0 Å². The molecule has 0 atom stereocenters. The van der Waals surface area contributed by atoms with Crippen molar-refractivity contribution in [3.63, 3.8) is 0 Å². The number of carbonyl (C=O) groups excluding carboxylic acids is 1. The highest BCUT2D eigenvalue weighted by Gasteiger charge is 2.23. The molecule has 0 fully saturated rings. The molecule has 0 bridgehead atoms. The number of carbonyl (C=O) groups is 1. The number of para-hydroxylation sites is 1. The standard InChI is InChI=1S/C12H11N3O/c13-12(16)10-4-8-2-1-3-9-5-14-7-15(6-10)11(8)9/h1-3,6-7H,4-5H2,(H2,13,16). The van der Waals surface area contributed by atoms with Crippen LogP contribution in [0.3, 0.4) is 0 Å². The summed E-state index contributed by atoms with van der Waals surface area (Å²) in [6.45, 7) is 0.708. The molecule has 0 aromatic heterocycles. The molecule has 0 radical (unpaired) electrons. The van der Waals surface area contributed by atoms with Crippen molar-refractivity contribution in [1.82, 2.24) is 0 Å². The van der Waals surface area contributed by atoms with Crippen LogP contribution in [0.15, 0.2) is 35.0 Å². The highest BCUT2D eigenvalue weighted by Crippen LogP contribution is 2.33. The number of nitrogens with zero attached hydrogens (tertiary/aromatic N) is 2. The van der Waals surface area contributed by atoms with Crippen LogP contribution in [0.25, 0.3) is 0 Å². The maximum absolute atomic E-state index is 11.2. The Kier molecular flexibility index (Phi) is 1.83. The van der Waals surface area contributed by atoms with Gasteiger partial charge in [0, 0.05) is 18.2 Å². The smallest absolute Gasteiger partial charge is 0.246 e. The van der Waals surface area contributed by atoms with Gasteiger partial charge < -0.3 is 10.6 Å².